The normalized spacial score (nSPS) is 16.4. The van der Waals surface area contributed by atoms with Gasteiger partial charge in [-0.3, -0.25) is 18.7 Å². The van der Waals surface area contributed by atoms with Gasteiger partial charge in [-0.15, -0.1) is 0 Å². The molecule has 0 aliphatic carbocycles. The van der Waals surface area contributed by atoms with Gasteiger partial charge in [0.15, 0.2) is 11.6 Å². The molecule has 13 heteroatoms. The molecule has 1 atom stereocenters. The summed E-state index contributed by atoms with van der Waals surface area (Å²) in [5.41, 5.74) is -7.37. The van der Waals surface area contributed by atoms with Crippen LogP contribution in [0.5, 0.6) is 5.75 Å². The molecule has 0 amide bonds. The molecule has 0 fully saturated rings. The Hall–Kier alpha value is -4.78. The lowest BCUT2D eigenvalue weighted by Gasteiger charge is -2.23. The summed E-state index contributed by atoms with van der Waals surface area (Å²) >= 11 is 0. The second-order valence-electron chi connectivity index (χ2n) is 9.52. The first kappa shape index (κ1) is 22.7. The molecule has 8 nitrogen and oxygen atoms in total. The van der Waals surface area contributed by atoms with Crippen LogP contribution in [0.3, 0.4) is 0 Å². The molecule has 3 aromatic carbocycles. The zero-order valence-electron chi connectivity index (χ0n) is 32.2. The third-order valence-corrected chi connectivity index (χ3v) is 6.82. The Balaban J connectivity index is 2.05. The number of carboxylic acids is 1. The van der Waals surface area contributed by atoms with Crippen molar-refractivity contribution in [3.8, 4) is 16.9 Å². The molecule has 1 aromatic heterocycles. The number of methoxy groups -OCH3 is 1. The van der Waals surface area contributed by atoms with E-state index in [1.165, 1.54) is 30.3 Å². The molecule has 1 heterocycles. The summed E-state index contributed by atoms with van der Waals surface area (Å²) in [7, 11) is -3.19. The number of carboxylic acid groups (broad SMARTS) is 1. The monoisotopic (exact) mass is 640 g/mol. The van der Waals surface area contributed by atoms with Crippen molar-refractivity contribution in [2.24, 2.45) is 0 Å². The number of carbonyl (C=O) groups is 1. The van der Waals surface area contributed by atoms with Crippen LogP contribution >= 0.6 is 0 Å². The van der Waals surface area contributed by atoms with Gasteiger partial charge in [-0.2, -0.15) is 13.2 Å². The van der Waals surface area contributed by atoms with Gasteiger partial charge in [0.05, 0.1) is 41.4 Å². The van der Waals surface area contributed by atoms with Gasteiger partial charge in [-0.1, -0.05) is 48.5 Å². The smallest absolute Gasteiger partial charge is 0.416 e. The quantitative estimate of drug-likeness (QED) is 0.198. The molecule has 45 heavy (non-hydrogen) atoms. The highest BCUT2D eigenvalue weighted by Crippen LogP contribution is 2.34. The molecule has 0 saturated carbocycles. The van der Waals surface area contributed by atoms with Gasteiger partial charge in [0, 0.05) is 31.4 Å². The molecule has 238 valence electrons. The molecule has 0 aliphatic rings. The third kappa shape index (κ3) is 7.31. The first-order chi connectivity index (χ1) is 24.7. The highest BCUT2D eigenvalue weighted by Gasteiger charge is 2.35. The van der Waals surface area contributed by atoms with E-state index >= 15 is 8.78 Å². The molecule has 0 spiro atoms. The van der Waals surface area contributed by atoms with Gasteiger partial charge in [0.2, 0.25) is 0 Å². The number of hydrogen-bond donors (Lipinski definition) is 2. The Morgan fingerprint density at radius 1 is 1.04 bits per heavy atom. The van der Waals surface area contributed by atoms with E-state index in [0.29, 0.717) is 21.3 Å². The fourth-order valence-electron chi connectivity index (χ4n) is 4.69. The highest BCUT2D eigenvalue weighted by atomic mass is 19.4. The number of aliphatic carboxylic acids is 1. The zero-order valence-corrected chi connectivity index (χ0v) is 23.2. The standard InChI is InChI=1S/C32H30F5N3O5/c1-19-28(21-11-6-14-26(45-2)29(21)34)30(43)40(18-25(20-9-4-3-5-10-20)38-16-8-15-27(41)42)31(44)39(19)17-22-23(32(35,36)37)12-7-13-24(22)33/h3-7,9-14,25,38H,8,15-18H2,1-2H3,(H,41,42)/t25-/m1/s1/i2D3,8D2,15D2,16D2. The van der Waals surface area contributed by atoms with Crippen molar-refractivity contribution in [3.63, 3.8) is 0 Å². The Labute approximate surface area is 267 Å². The number of benzene rings is 3. The number of nitrogens with zero attached hydrogens (tertiary/aromatic N) is 2. The predicted molar refractivity (Wildman–Crippen MR) is 156 cm³/mol. The number of nitrogens with one attached hydrogen (secondary N) is 1. The van der Waals surface area contributed by atoms with E-state index < -0.39 is 114 Å². The second kappa shape index (κ2) is 13.9. The van der Waals surface area contributed by atoms with Crippen molar-refractivity contribution >= 4 is 5.97 Å². The maximum Gasteiger partial charge on any atom is 0.416 e. The minimum Gasteiger partial charge on any atom is -0.494 e. The molecule has 4 aromatic rings. The van der Waals surface area contributed by atoms with Crippen molar-refractivity contribution < 1.29 is 48.9 Å². The minimum atomic E-state index is -5.15. The molecular weight excluding hydrogens is 601 g/mol. The fourth-order valence-corrected chi connectivity index (χ4v) is 4.69. The van der Waals surface area contributed by atoms with Gasteiger partial charge in [0.25, 0.3) is 5.56 Å². The van der Waals surface area contributed by atoms with Gasteiger partial charge in [-0.05, 0) is 43.6 Å². The van der Waals surface area contributed by atoms with E-state index in [-0.39, 0.29) is 5.56 Å². The highest BCUT2D eigenvalue weighted by molar-refractivity contribution is 5.68. The SMILES string of the molecule is [2H]C([2H])([2H])Oc1cccc(-c2c(C)n(Cc3c(F)cccc3C(F)(F)F)c(=O)n(C[C@@H](NC([2H])([2H])C([2H])([2H])C([2H])([2H])C(=O)O)c3ccccc3)c2=O)c1F. The van der Waals surface area contributed by atoms with Crippen LogP contribution in [0.15, 0.2) is 76.3 Å². The molecule has 2 N–H and O–H groups in total. The summed E-state index contributed by atoms with van der Waals surface area (Å²) in [6.45, 7) is -4.83. The molecule has 4 rings (SSSR count). The van der Waals surface area contributed by atoms with Gasteiger partial charge < -0.3 is 15.2 Å². The van der Waals surface area contributed by atoms with E-state index in [1.54, 1.807) is 0 Å². The number of rotatable bonds is 12. The van der Waals surface area contributed by atoms with Crippen LogP contribution in [0.4, 0.5) is 22.0 Å². The molecule has 0 radical (unpaired) electrons. The number of hydrogen-bond acceptors (Lipinski definition) is 5. The third-order valence-electron chi connectivity index (χ3n) is 6.82. The lowest BCUT2D eigenvalue weighted by atomic mass is 10.0. The van der Waals surface area contributed by atoms with Crippen LogP contribution in [0.2, 0.25) is 0 Å². The number of halogens is 5. The Morgan fingerprint density at radius 2 is 1.76 bits per heavy atom. The second-order valence-corrected chi connectivity index (χ2v) is 9.52. The topological polar surface area (TPSA) is 103 Å². The Bertz CT molecular complexity index is 2180. The van der Waals surface area contributed by atoms with E-state index in [0.717, 1.165) is 31.2 Å². The number of alkyl halides is 3. The van der Waals surface area contributed by atoms with Crippen LogP contribution in [0.25, 0.3) is 11.1 Å². The first-order valence-corrected chi connectivity index (χ1v) is 13.0. The summed E-state index contributed by atoms with van der Waals surface area (Å²) in [6.07, 6.45) is -12.9. The van der Waals surface area contributed by atoms with Crippen LogP contribution < -0.4 is 21.3 Å². The maximum atomic E-state index is 16.0. The summed E-state index contributed by atoms with van der Waals surface area (Å²) < 4.78 is 149. The van der Waals surface area contributed by atoms with Gasteiger partial charge in [-0.25, -0.2) is 13.6 Å². The predicted octanol–water partition coefficient (Wildman–Crippen LogP) is 5.54. The summed E-state index contributed by atoms with van der Waals surface area (Å²) in [5.74, 6) is -6.13. The fraction of sp³-hybridized carbons (Fsp3) is 0.281. The van der Waals surface area contributed by atoms with E-state index in [2.05, 4.69) is 10.1 Å². The first-order valence-electron chi connectivity index (χ1n) is 17.5. The van der Waals surface area contributed by atoms with Gasteiger partial charge in [0.1, 0.15) is 5.82 Å². The lowest BCUT2D eigenvalue weighted by molar-refractivity contribution is -0.138. The van der Waals surface area contributed by atoms with Crippen molar-refractivity contribution in [2.75, 3.05) is 13.5 Å². The van der Waals surface area contributed by atoms with Crippen molar-refractivity contribution in [1.29, 1.82) is 0 Å². The van der Waals surface area contributed by atoms with Crippen LogP contribution in [0, 0.1) is 18.6 Å². The molecule has 0 unspecified atom stereocenters. The largest absolute Gasteiger partial charge is 0.494 e. The summed E-state index contributed by atoms with van der Waals surface area (Å²) in [4.78, 5) is 40.1. The van der Waals surface area contributed by atoms with Crippen molar-refractivity contribution in [2.45, 2.75) is 45.0 Å². The average Bonchev–Trinajstić information content (AvgIpc) is 3.05. The van der Waals surface area contributed by atoms with Gasteiger partial charge >= 0.3 is 17.8 Å². The van der Waals surface area contributed by atoms with Crippen molar-refractivity contribution in [1.82, 2.24) is 14.5 Å². The summed E-state index contributed by atoms with van der Waals surface area (Å²) in [6, 6.07) is 10.1. The summed E-state index contributed by atoms with van der Waals surface area (Å²) in [5, 5.41) is 11.5. The van der Waals surface area contributed by atoms with E-state index in [4.69, 9.17) is 12.3 Å². The number of ether oxygens (including phenoxy) is 1. The van der Waals surface area contributed by atoms with E-state index in [1.807, 2.05) is 0 Å². The molecule has 0 bridgehead atoms. The van der Waals surface area contributed by atoms with Crippen LogP contribution in [0.1, 0.15) is 53.5 Å². The average molecular weight is 641 g/mol. The van der Waals surface area contributed by atoms with Crippen LogP contribution in [-0.2, 0) is 24.1 Å². The Kier molecular flexibility index (Phi) is 7.00. The van der Waals surface area contributed by atoms with Crippen LogP contribution in [-0.4, -0.2) is 33.7 Å². The zero-order chi connectivity index (χ0) is 40.8. The van der Waals surface area contributed by atoms with Crippen molar-refractivity contribution in [3.05, 3.63) is 122 Å². The maximum absolute atomic E-state index is 16.0. The molecular formula is C32H30F5N3O5. The van der Waals surface area contributed by atoms with E-state index in [9.17, 15) is 32.7 Å². The lowest BCUT2D eigenvalue weighted by Crippen LogP contribution is -2.45. The number of aromatic nitrogens is 2. The Morgan fingerprint density at radius 3 is 2.42 bits per heavy atom. The minimum absolute atomic E-state index is 0.000697. The molecule has 0 saturated heterocycles. The molecule has 0 aliphatic heterocycles.